The summed E-state index contributed by atoms with van der Waals surface area (Å²) < 4.78 is 1.06. The molecule has 0 aromatic heterocycles. The molecule has 1 saturated heterocycles. The van der Waals surface area contributed by atoms with Crippen molar-refractivity contribution in [2.75, 3.05) is 39.9 Å². The van der Waals surface area contributed by atoms with Crippen LogP contribution >= 0.6 is 11.9 Å². The van der Waals surface area contributed by atoms with Gasteiger partial charge in [-0.05, 0) is 31.1 Å². The first kappa shape index (κ1) is 15.8. The van der Waals surface area contributed by atoms with Crippen molar-refractivity contribution < 1.29 is 9.55 Å². The minimum Gasteiger partial charge on any atom is -0.606 e. The molecule has 0 N–H and O–H groups in total. The van der Waals surface area contributed by atoms with Crippen molar-refractivity contribution in [3.8, 4) is 0 Å². The molecule has 2 rings (SSSR count). The van der Waals surface area contributed by atoms with Gasteiger partial charge in [-0.2, -0.15) is 4.99 Å². The fourth-order valence-electron chi connectivity index (χ4n) is 2.00. The second-order valence-corrected chi connectivity index (χ2v) is 6.35. The van der Waals surface area contributed by atoms with Crippen LogP contribution in [-0.4, -0.2) is 60.0 Å². The van der Waals surface area contributed by atoms with Gasteiger partial charge < -0.3 is 10.1 Å². The van der Waals surface area contributed by atoms with Crippen molar-refractivity contribution in [3.63, 3.8) is 0 Å². The Hall–Kier alpha value is -1.61. The quantitative estimate of drug-likeness (QED) is 0.475. The Morgan fingerprint density at radius 1 is 1.33 bits per heavy atom. The van der Waals surface area contributed by atoms with E-state index in [1.54, 1.807) is 24.3 Å². The van der Waals surface area contributed by atoms with Gasteiger partial charge in [0.05, 0.1) is 20.8 Å². The van der Waals surface area contributed by atoms with Gasteiger partial charge in [-0.25, -0.2) is 9.10 Å². The molecule has 21 heavy (non-hydrogen) atoms. The summed E-state index contributed by atoms with van der Waals surface area (Å²) in [5.41, 5.74) is 0.519. The number of benzene rings is 1. The zero-order valence-electron chi connectivity index (χ0n) is 12.6. The number of urea groups is 1. The maximum absolute atomic E-state index is 12.5. The third-order valence-corrected chi connectivity index (χ3v) is 3.82. The predicted octanol–water partition coefficient (Wildman–Crippen LogP) is 1.94. The minimum atomic E-state index is -0.899. The molecule has 0 spiro atoms. The molecular weight excluding hydrogens is 290 g/mol. The van der Waals surface area contributed by atoms with Gasteiger partial charge in [0.15, 0.2) is 5.17 Å². The maximum atomic E-state index is 12.5. The number of rotatable bonds is 2. The normalized spacial score (nSPS) is 18.3. The average Bonchev–Trinajstić information content (AvgIpc) is 2.67. The molecule has 1 heterocycles. The van der Waals surface area contributed by atoms with E-state index >= 15 is 0 Å². The van der Waals surface area contributed by atoms with Crippen LogP contribution in [-0.2, 0) is 0 Å². The Balaban J connectivity index is 2.31. The van der Waals surface area contributed by atoms with Gasteiger partial charge >= 0.3 is 6.03 Å². The lowest BCUT2D eigenvalue weighted by atomic mass is 10.3. The number of hydrogen-bond acceptors (Lipinski definition) is 4. The Kier molecular flexibility index (Phi) is 4.52. The fraction of sp³-hybridized carbons (Fsp3) is 0.385. The Labute approximate surface area is 128 Å². The van der Waals surface area contributed by atoms with E-state index in [0.717, 1.165) is 5.01 Å². The van der Waals surface area contributed by atoms with Gasteiger partial charge in [0.2, 0.25) is 0 Å². The zero-order chi connectivity index (χ0) is 15.6. The first-order valence-corrected chi connectivity index (χ1v) is 7.20. The van der Waals surface area contributed by atoms with E-state index in [-0.39, 0.29) is 0 Å². The molecule has 114 valence electrons. The Morgan fingerprint density at radius 2 is 1.95 bits per heavy atom. The first-order valence-electron chi connectivity index (χ1n) is 6.42. The molecule has 0 aliphatic carbocycles. The predicted molar refractivity (Wildman–Crippen MR) is 85.2 cm³/mol. The molecule has 8 heteroatoms. The highest BCUT2D eigenvalue weighted by molar-refractivity contribution is 8.12. The van der Waals surface area contributed by atoms with Crippen LogP contribution in [0.3, 0.4) is 0 Å². The molecule has 7 nitrogen and oxygen atoms in total. The number of amidine groups is 1. The Morgan fingerprint density at radius 3 is 2.43 bits per heavy atom. The third kappa shape index (κ3) is 3.73. The number of aliphatic imine (C=N–C) groups is 1. The topological polar surface area (TPSA) is 62.2 Å². The molecule has 0 radical (unpaired) electrons. The molecule has 1 aliphatic rings. The van der Waals surface area contributed by atoms with E-state index in [0.29, 0.717) is 17.5 Å². The fourth-order valence-corrected chi connectivity index (χ4v) is 2.82. The lowest BCUT2D eigenvalue weighted by Crippen LogP contribution is -2.53. The maximum Gasteiger partial charge on any atom is 0.395 e. The number of hydrogen-bond donors (Lipinski definition) is 0. The van der Waals surface area contributed by atoms with Gasteiger partial charge in [-0.3, -0.25) is 4.76 Å². The number of hydroxylamine groups is 2. The van der Waals surface area contributed by atoms with E-state index in [2.05, 4.69) is 4.99 Å². The molecule has 1 aliphatic heterocycles. The van der Waals surface area contributed by atoms with Gasteiger partial charge in [0.1, 0.15) is 5.69 Å². The van der Waals surface area contributed by atoms with Crippen molar-refractivity contribution in [3.05, 3.63) is 35.5 Å². The zero-order valence-corrected chi connectivity index (χ0v) is 13.4. The standard InChI is InChI=1S/C13H19N5O2S/c1-15-10-16(2)21-13(15)14-12(19)17(18(3,4)20)11-8-6-5-7-9-11/h5-9H,10H2,1-4H3. The van der Waals surface area contributed by atoms with Crippen LogP contribution in [0.1, 0.15) is 0 Å². The minimum absolute atomic E-state index is 0.519. The van der Waals surface area contributed by atoms with Crippen LogP contribution in [0.5, 0.6) is 0 Å². The number of carbonyl (C=O) groups is 1. The highest BCUT2D eigenvalue weighted by Gasteiger charge is 2.29. The van der Waals surface area contributed by atoms with Crippen LogP contribution in [0.4, 0.5) is 10.5 Å². The number of amides is 2. The molecule has 0 bridgehead atoms. The highest BCUT2D eigenvalue weighted by Crippen LogP contribution is 2.24. The van der Waals surface area contributed by atoms with E-state index < -0.39 is 10.8 Å². The van der Waals surface area contributed by atoms with Crippen LogP contribution in [0.2, 0.25) is 0 Å². The molecular formula is C13H19N5O2S. The summed E-state index contributed by atoms with van der Waals surface area (Å²) in [6, 6.07) is 8.25. The average molecular weight is 309 g/mol. The van der Waals surface area contributed by atoms with Gasteiger partial charge in [0.25, 0.3) is 0 Å². The summed E-state index contributed by atoms with van der Waals surface area (Å²) in [5.74, 6) is 0. The number of anilines is 1. The molecule has 0 atom stereocenters. The summed E-state index contributed by atoms with van der Waals surface area (Å²) in [5, 5.41) is 14.0. The highest BCUT2D eigenvalue weighted by atomic mass is 32.2. The van der Waals surface area contributed by atoms with E-state index in [9.17, 15) is 10.0 Å². The van der Waals surface area contributed by atoms with E-state index in [4.69, 9.17) is 0 Å². The molecule has 2 amide bonds. The molecule has 0 saturated carbocycles. The van der Waals surface area contributed by atoms with Crippen molar-refractivity contribution >= 4 is 28.8 Å². The second kappa shape index (κ2) is 6.02. The lowest BCUT2D eigenvalue weighted by molar-refractivity contribution is -0.841. The third-order valence-electron chi connectivity index (χ3n) is 2.83. The van der Waals surface area contributed by atoms with Gasteiger partial charge in [0, 0.05) is 7.05 Å². The number of quaternary nitrogens is 1. The largest absolute Gasteiger partial charge is 0.606 e. The molecule has 1 aromatic carbocycles. The molecule has 1 fully saturated rings. The van der Waals surface area contributed by atoms with Crippen LogP contribution in [0.25, 0.3) is 0 Å². The van der Waals surface area contributed by atoms with Crippen LogP contribution in [0.15, 0.2) is 35.3 Å². The van der Waals surface area contributed by atoms with Crippen molar-refractivity contribution in [2.24, 2.45) is 4.99 Å². The van der Waals surface area contributed by atoms with Gasteiger partial charge in [-0.1, -0.05) is 18.2 Å². The number of nitrogens with zero attached hydrogens (tertiary/aromatic N) is 5. The van der Waals surface area contributed by atoms with Crippen LogP contribution in [0, 0.1) is 5.21 Å². The Bertz CT molecular complexity index is 543. The molecule has 1 aromatic rings. The molecule has 0 unspecified atom stereocenters. The van der Waals surface area contributed by atoms with Crippen molar-refractivity contribution in [2.45, 2.75) is 0 Å². The first-order chi connectivity index (χ1) is 9.79. The van der Waals surface area contributed by atoms with E-state index in [1.165, 1.54) is 26.0 Å². The SMILES string of the molecule is CN1CN(C)C(=NC(=O)N(c2ccccc2)[N+](C)(C)[O-])S1. The van der Waals surface area contributed by atoms with Gasteiger partial charge in [-0.15, -0.1) is 5.01 Å². The number of carbonyl (C=O) groups excluding carboxylic acids is 1. The smallest absolute Gasteiger partial charge is 0.395 e. The second-order valence-electron chi connectivity index (χ2n) is 5.18. The van der Waals surface area contributed by atoms with E-state index in [1.807, 2.05) is 29.4 Å². The summed E-state index contributed by atoms with van der Waals surface area (Å²) >= 11 is 1.38. The number of para-hydroxylation sites is 1. The monoisotopic (exact) mass is 309 g/mol. The summed E-state index contributed by atoms with van der Waals surface area (Å²) in [7, 11) is 6.55. The lowest BCUT2D eigenvalue weighted by Gasteiger charge is -2.41. The summed E-state index contributed by atoms with van der Waals surface area (Å²) in [4.78, 5) is 18.4. The van der Waals surface area contributed by atoms with Crippen molar-refractivity contribution in [1.82, 2.24) is 9.21 Å². The van der Waals surface area contributed by atoms with Crippen molar-refractivity contribution in [1.29, 1.82) is 0 Å². The van der Waals surface area contributed by atoms with Crippen LogP contribution < -0.4 is 5.01 Å². The summed E-state index contributed by atoms with van der Waals surface area (Å²) in [6.07, 6.45) is 0. The summed E-state index contributed by atoms with van der Waals surface area (Å²) in [6.45, 7) is 0.678.